The molecular weight excluding hydrogens is 218 g/mol. The van der Waals surface area contributed by atoms with E-state index in [0.717, 1.165) is 25.1 Å². The fraction of sp³-hybridized carbons (Fsp3) is 1.00. The van der Waals surface area contributed by atoms with Gasteiger partial charge in [0.05, 0.1) is 0 Å². The number of nitrogens with zero attached hydrogens (tertiary/aromatic N) is 1. The highest BCUT2D eigenvalue weighted by molar-refractivity contribution is 6.67. The van der Waals surface area contributed by atoms with Crippen LogP contribution in [0.4, 0.5) is 0 Å². The van der Waals surface area contributed by atoms with Crippen molar-refractivity contribution < 1.29 is 10.2 Å². The predicted molar refractivity (Wildman–Crippen MR) is 72.1 cm³/mol. The summed E-state index contributed by atoms with van der Waals surface area (Å²) in [5.41, 5.74) is 0. The number of rotatable bonds is 10. The SMILES string of the molecule is [2H]C(CC[Si](CC)(OCC)OCC)N(C)CC. The lowest BCUT2D eigenvalue weighted by Crippen LogP contribution is -2.42. The summed E-state index contributed by atoms with van der Waals surface area (Å²) in [6, 6.07) is 1.89. The zero-order chi connectivity index (χ0) is 13.3. The van der Waals surface area contributed by atoms with Crippen molar-refractivity contribution in [1.29, 1.82) is 0 Å². The second-order valence-corrected chi connectivity index (χ2v) is 7.53. The van der Waals surface area contributed by atoms with Crippen LogP contribution in [0, 0.1) is 0 Å². The molecule has 0 aliphatic heterocycles. The van der Waals surface area contributed by atoms with Crippen LogP contribution in [0.3, 0.4) is 0 Å². The largest absolute Gasteiger partial charge is 0.394 e. The van der Waals surface area contributed by atoms with Crippen molar-refractivity contribution in [2.24, 2.45) is 0 Å². The Morgan fingerprint density at radius 2 is 1.69 bits per heavy atom. The molecule has 0 saturated carbocycles. The van der Waals surface area contributed by atoms with Crippen LogP contribution in [-0.2, 0) is 8.85 Å². The van der Waals surface area contributed by atoms with Gasteiger partial charge in [-0.25, -0.2) is 0 Å². The molecule has 0 N–H and O–H groups in total. The van der Waals surface area contributed by atoms with E-state index in [2.05, 4.69) is 13.8 Å². The summed E-state index contributed by atoms with van der Waals surface area (Å²) in [5.74, 6) is 0. The fourth-order valence-electron chi connectivity index (χ4n) is 1.73. The molecule has 0 aliphatic carbocycles. The van der Waals surface area contributed by atoms with Crippen molar-refractivity contribution in [3.63, 3.8) is 0 Å². The Hall–Kier alpha value is 0.0969. The van der Waals surface area contributed by atoms with Gasteiger partial charge >= 0.3 is 8.56 Å². The van der Waals surface area contributed by atoms with Gasteiger partial charge in [0.15, 0.2) is 0 Å². The molecule has 0 heterocycles. The van der Waals surface area contributed by atoms with Gasteiger partial charge in [0, 0.05) is 14.6 Å². The molecule has 0 aromatic rings. The van der Waals surface area contributed by atoms with Crippen LogP contribution in [0.25, 0.3) is 0 Å². The summed E-state index contributed by atoms with van der Waals surface area (Å²) >= 11 is 0. The van der Waals surface area contributed by atoms with Gasteiger partial charge in [0.2, 0.25) is 0 Å². The first-order valence-electron chi connectivity index (χ1n) is 7.03. The average molecular weight is 248 g/mol. The van der Waals surface area contributed by atoms with Crippen LogP contribution in [0.5, 0.6) is 0 Å². The topological polar surface area (TPSA) is 21.7 Å². The standard InChI is InChI=1S/C12H29NO2Si/c1-6-13(5)11-10-12-16(9-4,14-7-2)15-8-3/h6-12H2,1-5H3/i11D. The normalized spacial score (nSPS) is 15.2. The smallest absolute Gasteiger partial charge is 0.337 e. The molecule has 0 spiro atoms. The summed E-state index contributed by atoms with van der Waals surface area (Å²) in [6.45, 7) is 10.5. The third-order valence-corrected chi connectivity index (χ3v) is 6.58. The van der Waals surface area contributed by atoms with Crippen LogP contribution in [0.15, 0.2) is 0 Å². The molecule has 0 fully saturated rings. The highest BCUT2D eigenvalue weighted by Gasteiger charge is 2.34. The monoisotopic (exact) mass is 248 g/mol. The summed E-state index contributed by atoms with van der Waals surface area (Å²) in [6.07, 6.45) is 0.838. The highest BCUT2D eigenvalue weighted by Crippen LogP contribution is 2.21. The Morgan fingerprint density at radius 3 is 2.06 bits per heavy atom. The molecule has 0 aromatic heterocycles. The van der Waals surface area contributed by atoms with Crippen LogP contribution in [-0.4, -0.2) is 46.8 Å². The van der Waals surface area contributed by atoms with Gasteiger partial charge in [0.1, 0.15) is 0 Å². The zero-order valence-electron chi connectivity index (χ0n) is 12.6. The van der Waals surface area contributed by atoms with Crippen molar-refractivity contribution in [2.75, 3.05) is 33.3 Å². The lowest BCUT2D eigenvalue weighted by Gasteiger charge is -2.29. The van der Waals surface area contributed by atoms with E-state index in [4.69, 9.17) is 10.2 Å². The minimum Gasteiger partial charge on any atom is -0.394 e. The van der Waals surface area contributed by atoms with Crippen LogP contribution in [0.2, 0.25) is 12.1 Å². The fourth-order valence-corrected chi connectivity index (χ4v) is 4.48. The number of hydrogen-bond acceptors (Lipinski definition) is 3. The second kappa shape index (κ2) is 9.16. The van der Waals surface area contributed by atoms with E-state index in [-0.39, 0.29) is 6.52 Å². The minimum absolute atomic E-state index is 0.140. The maximum absolute atomic E-state index is 8.03. The van der Waals surface area contributed by atoms with E-state index in [1.165, 1.54) is 0 Å². The summed E-state index contributed by atoms with van der Waals surface area (Å²) in [7, 11) is -0.0433. The van der Waals surface area contributed by atoms with Gasteiger partial charge in [-0.3, -0.25) is 0 Å². The molecule has 4 heteroatoms. The lowest BCUT2D eigenvalue weighted by molar-refractivity contribution is 0.181. The van der Waals surface area contributed by atoms with Crippen molar-refractivity contribution in [2.45, 2.75) is 46.2 Å². The van der Waals surface area contributed by atoms with E-state index in [1.807, 2.05) is 25.8 Å². The van der Waals surface area contributed by atoms with Crippen molar-refractivity contribution >= 4 is 8.56 Å². The summed E-state index contributed by atoms with van der Waals surface area (Å²) in [4.78, 5) is 2.05. The maximum Gasteiger partial charge on any atom is 0.337 e. The van der Waals surface area contributed by atoms with Gasteiger partial charge in [-0.05, 0) is 52.5 Å². The van der Waals surface area contributed by atoms with E-state index >= 15 is 0 Å². The third kappa shape index (κ3) is 5.99. The Balaban J connectivity index is 4.32. The van der Waals surface area contributed by atoms with E-state index < -0.39 is 8.56 Å². The zero-order valence-corrected chi connectivity index (χ0v) is 12.6. The summed E-state index contributed by atoms with van der Waals surface area (Å²) in [5, 5.41) is 0. The molecule has 0 radical (unpaired) electrons. The molecular formula is C12H29NO2Si. The third-order valence-electron chi connectivity index (χ3n) is 2.82. The van der Waals surface area contributed by atoms with Crippen LogP contribution in [0.1, 0.15) is 35.5 Å². The molecule has 0 amide bonds. The Kier molecular flexibility index (Phi) is 8.11. The Labute approximate surface area is 104 Å². The van der Waals surface area contributed by atoms with Crippen molar-refractivity contribution in [1.82, 2.24) is 4.90 Å². The highest BCUT2D eigenvalue weighted by atomic mass is 28.4. The molecule has 3 nitrogen and oxygen atoms in total. The van der Waals surface area contributed by atoms with E-state index in [1.54, 1.807) is 0 Å². The lowest BCUT2D eigenvalue weighted by atomic mass is 10.4. The quantitative estimate of drug-likeness (QED) is 0.555. The van der Waals surface area contributed by atoms with E-state index in [9.17, 15) is 0 Å². The number of hydrogen-bond donors (Lipinski definition) is 0. The Bertz CT molecular complexity index is 189. The van der Waals surface area contributed by atoms with E-state index in [0.29, 0.717) is 13.2 Å². The first kappa shape index (κ1) is 14.2. The first-order valence-corrected chi connectivity index (χ1v) is 8.68. The van der Waals surface area contributed by atoms with Gasteiger partial charge in [-0.2, -0.15) is 0 Å². The first-order chi connectivity index (χ1) is 8.05. The van der Waals surface area contributed by atoms with Crippen LogP contribution >= 0.6 is 0 Å². The molecule has 98 valence electrons. The van der Waals surface area contributed by atoms with Crippen molar-refractivity contribution in [3.05, 3.63) is 0 Å². The predicted octanol–water partition coefficient (Wildman–Crippen LogP) is 2.86. The molecule has 0 bridgehead atoms. The Morgan fingerprint density at radius 1 is 1.12 bits per heavy atom. The van der Waals surface area contributed by atoms with Gasteiger partial charge in [-0.15, -0.1) is 0 Å². The molecule has 0 aliphatic rings. The average Bonchev–Trinajstić information content (AvgIpc) is 2.35. The molecule has 1 unspecified atom stereocenters. The summed E-state index contributed by atoms with van der Waals surface area (Å²) < 4.78 is 19.8. The molecule has 0 aromatic carbocycles. The van der Waals surface area contributed by atoms with Crippen molar-refractivity contribution in [3.8, 4) is 0 Å². The molecule has 1 atom stereocenters. The molecule has 0 saturated heterocycles. The van der Waals surface area contributed by atoms with Crippen LogP contribution < -0.4 is 0 Å². The molecule has 0 rings (SSSR count). The van der Waals surface area contributed by atoms with Gasteiger partial charge in [-0.1, -0.05) is 13.8 Å². The molecule has 16 heavy (non-hydrogen) atoms. The maximum atomic E-state index is 8.03. The second-order valence-electron chi connectivity index (χ2n) is 3.92. The van der Waals surface area contributed by atoms with Gasteiger partial charge < -0.3 is 13.8 Å². The minimum atomic E-state index is -2.04. The van der Waals surface area contributed by atoms with Gasteiger partial charge in [0.25, 0.3) is 0 Å².